The molecule has 7 saturated carbocycles. The predicted octanol–water partition coefficient (Wildman–Crippen LogP) is -3.20. The van der Waals surface area contributed by atoms with Crippen LogP contribution in [0.15, 0.2) is 0 Å². The Labute approximate surface area is 891 Å². The molecule has 4 amide bonds. The minimum absolute atomic E-state index is 0. The molecule has 0 aromatic rings. The van der Waals surface area contributed by atoms with E-state index in [2.05, 4.69) is 83.2 Å². The first kappa shape index (κ1) is 130. The molecule has 0 unspecified atom stereocenters. The van der Waals surface area contributed by atoms with E-state index >= 15 is 0 Å². The number of carbonyl (C=O) groups is 11. The van der Waals surface area contributed by atoms with Gasteiger partial charge in [0.15, 0.2) is 0 Å². The number of ether oxygens (including phenoxy) is 7. The van der Waals surface area contributed by atoms with Gasteiger partial charge in [0, 0.05) is 73.3 Å². The number of Topliss-reactive ketones (excluding diaryl/α,β-unsaturated/α-hetero) is 1. The quantitative estimate of drug-likeness (QED) is 0.0142. The smallest absolute Gasteiger partial charge is 1.00 e. The number of alkyl carbamates (subject to hydrolysis) is 2. The van der Waals surface area contributed by atoms with E-state index in [-0.39, 0.29) is 291 Å². The molecule has 34 nitrogen and oxygen atoms in total. The number of nitrogens with zero attached hydrogens (tertiary/aromatic N) is 1. The predicted molar refractivity (Wildman–Crippen MR) is 437 cm³/mol. The topological polar surface area (TPSA) is 529 Å². The standard InChI is InChI=1S/C15H28N2O4.C12H24N2O2.C10H18O5.2C9H16N2O.C7H16N2.C7H12N2.C6H10O.C3H5BrO2.2CH2O3.4K.2H/c1-14(2,3)21-13(19)16-11-15(8-6-5-7-9-15)17-10-12(18)20-4;1-11(2,3)16-10(15)14-9-12(13)7-5-4-6-8-12;1-9(2,3)14-7(11)13-8(12)15-10(4,5)6;2*12-8-6-11-9(7-10-8)4-2-1-3-5-9;2*8-6-7(9)4-2-1-3-5-7;7-6-4-2-1-3-5-6;1-6-3(5)2-4;2*2-1-4-3;;;;;;/h17H,5-11H2,1-4H3,(H,16,19);4-9,13H2,1-3H3,(H,14,15);1-6H3;2*11H,1-7H2,(H,10,12);1-6,8-9H2;1-5,9H2;1-5H2;2H2,1H3;2*1,3H;;;;;;/q;;;;;;;;;;;4*+1;2*-1/p-2. The van der Waals surface area contributed by atoms with Crippen molar-refractivity contribution in [3.8, 4) is 6.07 Å². The molecule has 0 aromatic carbocycles. The molecule has 2 aliphatic heterocycles. The number of carbonyl (C=O) groups excluding carboxylic acids is 11. The molecule has 0 bridgehead atoms. The van der Waals surface area contributed by atoms with Crippen molar-refractivity contribution in [2.24, 2.45) is 22.9 Å². The van der Waals surface area contributed by atoms with Crippen LogP contribution in [0.2, 0.25) is 0 Å². The van der Waals surface area contributed by atoms with E-state index in [1.54, 1.807) is 41.5 Å². The van der Waals surface area contributed by atoms with Gasteiger partial charge < -0.3 is 111 Å². The first-order chi connectivity index (χ1) is 53.7. The molecule has 0 radical (unpaired) electrons. The normalized spacial score (nSPS) is 19.0. The summed E-state index contributed by atoms with van der Waals surface area (Å²) in [6.07, 6.45) is 37.4. The molecule has 2 heterocycles. The van der Waals surface area contributed by atoms with E-state index in [0.717, 1.165) is 129 Å². The Morgan fingerprint density at radius 2 is 0.798 bits per heavy atom. The summed E-state index contributed by atoms with van der Waals surface area (Å²) < 4.78 is 33.1. The Bertz CT molecular complexity index is 2740. The largest absolute Gasteiger partial charge is 1.00 e. The SMILES string of the molecule is CC(C)(C)OC(=O)NCC1(N)CCCCC1.CC(C)(C)OC(=O)OC(=O)OC(C)(C)C.COC(=O)CBr.COC(=O)CNC1(CNC(=O)OC(C)(C)C)CCCCC1.N#CC1(N)CCCCC1.NCC1(N)CCCCC1.O=C1CCCCC1.O=C1CNC2(CCCCC2)CN1.O=C1CNC2(CCCCC2)CN1.O=CO[O-].O=CO[O-].[H-].[H-].[K+].[K+].[K+].[K+]. The van der Waals surface area contributed by atoms with Gasteiger partial charge in [0.25, 0.3) is 12.9 Å². The van der Waals surface area contributed by atoms with Crippen molar-refractivity contribution in [2.75, 3.05) is 71.9 Å². The van der Waals surface area contributed by atoms with Crippen molar-refractivity contribution in [1.82, 2.24) is 37.2 Å². The average molecular weight is 1870 g/mol. The second-order valence-corrected chi connectivity index (χ2v) is 35.1. The molecule has 2 spiro atoms. The third-order valence-electron chi connectivity index (χ3n) is 19.6. The van der Waals surface area contributed by atoms with Gasteiger partial charge in [-0.05, 0) is 173 Å². The number of hydrogen-bond donors (Lipinski definition) is 11. The summed E-state index contributed by atoms with van der Waals surface area (Å²) >= 11 is 2.90. The Hall–Kier alpha value is -0.0745. The Balaban J connectivity index is -0.000000198. The van der Waals surface area contributed by atoms with Crippen molar-refractivity contribution < 1.29 is 315 Å². The zero-order valence-corrected chi connectivity index (χ0v) is 90.0. The third-order valence-corrected chi connectivity index (χ3v) is 20.0. The summed E-state index contributed by atoms with van der Waals surface area (Å²) in [6.45, 7) is 25.2. The molecule has 672 valence electrons. The maximum absolute atomic E-state index is 11.8. The fourth-order valence-electron chi connectivity index (χ4n) is 13.4. The molecule has 0 aromatic heterocycles. The number of hydrogen-bond acceptors (Lipinski definition) is 30. The van der Waals surface area contributed by atoms with Crippen LogP contribution in [0.3, 0.4) is 0 Å². The van der Waals surface area contributed by atoms with Crippen molar-refractivity contribution in [1.29, 1.82) is 5.26 Å². The number of esters is 2. The Morgan fingerprint density at radius 3 is 1.05 bits per heavy atom. The second-order valence-electron chi connectivity index (χ2n) is 34.5. The van der Waals surface area contributed by atoms with Crippen molar-refractivity contribution >= 4 is 82.9 Å². The van der Waals surface area contributed by atoms with E-state index < -0.39 is 46.3 Å². The van der Waals surface area contributed by atoms with Crippen LogP contribution in [0.1, 0.15) is 311 Å². The van der Waals surface area contributed by atoms with Gasteiger partial charge >= 0.3 is 242 Å². The molecule has 119 heavy (non-hydrogen) atoms. The number of halogens is 1. The minimum atomic E-state index is -1.06. The van der Waals surface area contributed by atoms with Crippen LogP contribution >= 0.6 is 15.9 Å². The van der Waals surface area contributed by atoms with Gasteiger partial charge in [-0.25, -0.2) is 19.2 Å². The number of rotatable bonds is 11. The van der Waals surface area contributed by atoms with Gasteiger partial charge in [-0.15, -0.1) is 0 Å². The molecular formula is C80H149BrK4N12O22. The van der Waals surface area contributed by atoms with Gasteiger partial charge in [-0.2, -0.15) is 5.26 Å². The fourth-order valence-corrected chi connectivity index (χ4v) is 13.6. The second kappa shape index (κ2) is 71.7. The third kappa shape index (κ3) is 72.4. The van der Waals surface area contributed by atoms with Crippen molar-refractivity contribution in [3.05, 3.63) is 0 Å². The zero-order chi connectivity index (χ0) is 87.7. The van der Waals surface area contributed by atoms with Crippen LogP contribution in [-0.2, 0) is 76.5 Å². The fraction of sp³-hybridized carbons (Fsp3) is 0.850. The molecule has 2 saturated heterocycles. The number of alkyl halides is 1. The van der Waals surface area contributed by atoms with Gasteiger partial charge in [-0.3, -0.25) is 38.9 Å². The molecule has 9 rings (SSSR count). The van der Waals surface area contributed by atoms with E-state index in [9.17, 15) is 43.2 Å². The molecule has 39 heteroatoms. The van der Waals surface area contributed by atoms with Crippen LogP contribution in [0, 0.1) is 11.3 Å². The number of nitriles is 1. The summed E-state index contributed by atoms with van der Waals surface area (Å²) in [4.78, 5) is 121. The molecule has 9 fully saturated rings. The summed E-state index contributed by atoms with van der Waals surface area (Å²) in [5, 5.41) is 47.2. The molecule has 7 aliphatic carbocycles. The van der Waals surface area contributed by atoms with E-state index in [1.807, 2.05) is 41.5 Å². The zero-order valence-electron chi connectivity index (χ0n) is 77.9. The Kier molecular flexibility index (Phi) is 78.2. The van der Waals surface area contributed by atoms with Gasteiger partial charge in [0.05, 0.1) is 39.9 Å². The molecule has 15 N–H and O–H groups in total. The van der Waals surface area contributed by atoms with Crippen LogP contribution in [0.4, 0.5) is 19.2 Å². The first-order valence-electron chi connectivity index (χ1n) is 40.8. The first-order valence-corrected chi connectivity index (χ1v) is 41.9. The van der Waals surface area contributed by atoms with Crippen LogP contribution in [0.25, 0.3) is 0 Å². The maximum atomic E-state index is 11.8. The monoisotopic (exact) mass is 1860 g/mol. The van der Waals surface area contributed by atoms with E-state index in [0.29, 0.717) is 38.5 Å². The van der Waals surface area contributed by atoms with E-state index in [1.165, 1.54) is 123 Å². The summed E-state index contributed by atoms with van der Waals surface area (Å²) in [5.41, 5.74) is 20.6. The van der Waals surface area contributed by atoms with E-state index in [4.69, 9.17) is 67.2 Å². The number of ketones is 1. The molecular weight excluding hydrogens is 1720 g/mol. The summed E-state index contributed by atoms with van der Waals surface area (Å²) in [5.74, 6) is 0.218. The number of methoxy groups -OCH3 is 2. The van der Waals surface area contributed by atoms with Gasteiger partial charge in [0.2, 0.25) is 11.8 Å². The van der Waals surface area contributed by atoms with Crippen molar-refractivity contribution in [2.45, 2.75) is 363 Å². The van der Waals surface area contributed by atoms with Crippen LogP contribution in [0.5, 0.6) is 0 Å². The average Bonchev–Trinajstić information content (AvgIpc) is 0.829. The van der Waals surface area contributed by atoms with Crippen LogP contribution in [-0.4, -0.2) is 195 Å². The number of piperazine rings is 2. The van der Waals surface area contributed by atoms with Gasteiger partial charge in [0.1, 0.15) is 39.1 Å². The Morgan fingerprint density at radius 1 is 0.487 bits per heavy atom. The molecule has 9 aliphatic rings. The van der Waals surface area contributed by atoms with Crippen molar-refractivity contribution in [3.63, 3.8) is 0 Å². The summed E-state index contributed by atoms with van der Waals surface area (Å²) in [7, 11) is 2.72. The van der Waals surface area contributed by atoms with Gasteiger partial charge in [-0.1, -0.05) is 138 Å². The number of nitrogens with two attached hydrogens (primary N) is 4. The maximum Gasteiger partial charge on any atom is 1.00 e. The molecule has 0 atom stereocenters. The van der Waals surface area contributed by atoms with Crippen LogP contribution < -0.4 is 276 Å². The summed E-state index contributed by atoms with van der Waals surface area (Å²) in [6, 6.07) is 2.16. The number of amides is 4. The number of nitrogens with one attached hydrogen (secondary N) is 7. The minimum Gasteiger partial charge on any atom is -1.00 e.